The van der Waals surface area contributed by atoms with Crippen LogP contribution < -0.4 is 5.73 Å². The van der Waals surface area contributed by atoms with Gasteiger partial charge in [-0.15, -0.1) is 0 Å². The number of nitrogen functional groups attached to an aromatic ring is 1. The third-order valence-electron chi connectivity index (χ3n) is 3.89. The Kier molecular flexibility index (Phi) is 3.46. The molecule has 4 rings (SSSR count). The summed E-state index contributed by atoms with van der Waals surface area (Å²) in [5.41, 5.74) is 9.51. The van der Waals surface area contributed by atoms with Crippen LogP contribution in [0.15, 0.2) is 67.0 Å². The standard InChI is InChI=1S/C19H15FN4/c20-16-4-2-1-3-15(16)19-22-17-9-10-24(12-18(17)23-19)11-13-5-7-14(21)8-6-13/h1-10,12H,11,21H2. The van der Waals surface area contributed by atoms with Crippen molar-refractivity contribution in [3.63, 3.8) is 0 Å². The summed E-state index contributed by atoms with van der Waals surface area (Å²) in [4.78, 5) is 8.89. The number of hydrogen-bond donors (Lipinski definition) is 1. The summed E-state index contributed by atoms with van der Waals surface area (Å²) in [5.74, 6) is 0.0934. The number of hydrogen-bond acceptors (Lipinski definition) is 3. The fourth-order valence-electron chi connectivity index (χ4n) is 2.65. The van der Waals surface area contributed by atoms with Crippen LogP contribution in [-0.4, -0.2) is 14.5 Å². The van der Waals surface area contributed by atoms with E-state index in [1.807, 2.05) is 47.3 Å². The zero-order valence-electron chi connectivity index (χ0n) is 12.9. The van der Waals surface area contributed by atoms with Gasteiger partial charge in [0.1, 0.15) is 11.5 Å². The van der Waals surface area contributed by atoms with E-state index < -0.39 is 0 Å². The number of halogens is 1. The minimum Gasteiger partial charge on any atom is -0.399 e. The highest BCUT2D eigenvalue weighted by atomic mass is 19.1. The lowest BCUT2D eigenvalue weighted by atomic mass is 10.2. The molecule has 0 unspecified atom stereocenters. The van der Waals surface area contributed by atoms with Gasteiger partial charge in [-0.05, 0) is 35.9 Å². The van der Waals surface area contributed by atoms with Crippen molar-refractivity contribution in [2.75, 3.05) is 5.73 Å². The van der Waals surface area contributed by atoms with Crippen molar-refractivity contribution in [3.05, 3.63) is 78.4 Å². The van der Waals surface area contributed by atoms with Gasteiger partial charge in [-0.25, -0.2) is 14.4 Å². The van der Waals surface area contributed by atoms with E-state index in [1.165, 1.54) is 6.07 Å². The van der Waals surface area contributed by atoms with Gasteiger partial charge in [0, 0.05) is 24.6 Å². The van der Waals surface area contributed by atoms with E-state index in [0.29, 0.717) is 17.9 Å². The van der Waals surface area contributed by atoms with Crippen molar-refractivity contribution >= 4 is 5.69 Å². The molecule has 0 atom stereocenters. The van der Waals surface area contributed by atoms with E-state index in [1.54, 1.807) is 18.2 Å². The highest BCUT2D eigenvalue weighted by Crippen LogP contribution is 2.26. The predicted molar refractivity (Wildman–Crippen MR) is 92.0 cm³/mol. The molecule has 0 saturated heterocycles. The maximum atomic E-state index is 13.9. The van der Waals surface area contributed by atoms with Crippen molar-refractivity contribution in [3.8, 4) is 22.8 Å². The van der Waals surface area contributed by atoms with E-state index in [4.69, 9.17) is 5.73 Å². The van der Waals surface area contributed by atoms with Crippen LogP contribution in [0.1, 0.15) is 5.56 Å². The molecule has 2 aliphatic heterocycles. The summed E-state index contributed by atoms with van der Waals surface area (Å²) in [6.45, 7) is 0.706. The number of fused-ring (bicyclic) bond motifs is 1. The number of nitrogens with zero attached hydrogens (tertiary/aromatic N) is 3. The third kappa shape index (κ3) is 2.72. The monoisotopic (exact) mass is 318 g/mol. The molecular formula is C19H15FN4. The van der Waals surface area contributed by atoms with Crippen LogP contribution in [0.3, 0.4) is 0 Å². The van der Waals surface area contributed by atoms with Gasteiger partial charge in [-0.3, -0.25) is 0 Å². The average molecular weight is 318 g/mol. The second-order valence-electron chi connectivity index (χ2n) is 5.66. The number of nitrogens with two attached hydrogens (primary N) is 1. The Morgan fingerprint density at radius 2 is 1.67 bits per heavy atom. The zero-order chi connectivity index (χ0) is 16.5. The Morgan fingerprint density at radius 1 is 0.917 bits per heavy atom. The van der Waals surface area contributed by atoms with Crippen molar-refractivity contribution in [1.29, 1.82) is 0 Å². The van der Waals surface area contributed by atoms with Gasteiger partial charge < -0.3 is 10.3 Å². The van der Waals surface area contributed by atoms with Gasteiger partial charge in [0.05, 0.1) is 11.3 Å². The second kappa shape index (κ2) is 5.77. The van der Waals surface area contributed by atoms with Crippen molar-refractivity contribution < 1.29 is 4.39 Å². The molecular weight excluding hydrogens is 303 g/mol. The number of imidazole rings is 1. The number of pyridine rings is 1. The minimum atomic E-state index is -0.317. The molecule has 0 radical (unpaired) electrons. The molecule has 5 heteroatoms. The molecule has 0 spiro atoms. The fraction of sp³-hybridized carbons (Fsp3) is 0.0526. The lowest BCUT2D eigenvalue weighted by Gasteiger charge is -2.08. The Balaban J connectivity index is 1.68. The normalized spacial score (nSPS) is 11.0. The zero-order valence-corrected chi connectivity index (χ0v) is 12.9. The maximum Gasteiger partial charge on any atom is 0.163 e. The first-order valence-corrected chi connectivity index (χ1v) is 7.62. The van der Waals surface area contributed by atoms with E-state index >= 15 is 0 Å². The molecule has 0 saturated carbocycles. The SMILES string of the molecule is Nc1ccc(Cn2ccc3nc(-c4ccccc4F)nc-3c2)cc1. The smallest absolute Gasteiger partial charge is 0.163 e. The summed E-state index contributed by atoms with van der Waals surface area (Å²) in [6, 6.07) is 16.2. The molecule has 4 nitrogen and oxygen atoms in total. The Morgan fingerprint density at radius 3 is 2.46 bits per heavy atom. The summed E-state index contributed by atoms with van der Waals surface area (Å²) in [5, 5.41) is 0. The number of benzene rings is 2. The quantitative estimate of drug-likeness (QED) is 0.584. The van der Waals surface area contributed by atoms with Crippen LogP contribution in [0.2, 0.25) is 0 Å². The molecule has 0 aromatic heterocycles. The second-order valence-corrected chi connectivity index (χ2v) is 5.66. The van der Waals surface area contributed by atoms with E-state index in [-0.39, 0.29) is 5.82 Å². The van der Waals surface area contributed by atoms with Gasteiger partial charge in [-0.2, -0.15) is 0 Å². The summed E-state index contributed by atoms with van der Waals surface area (Å²) < 4.78 is 15.9. The first-order chi connectivity index (χ1) is 11.7. The van der Waals surface area contributed by atoms with Gasteiger partial charge in [0.2, 0.25) is 0 Å². The Hall–Kier alpha value is -3.21. The minimum absolute atomic E-state index is 0.317. The van der Waals surface area contributed by atoms with Crippen molar-refractivity contribution in [2.45, 2.75) is 6.54 Å². The van der Waals surface area contributed by atoms with Crippen molar-refractivity contribution in [2.24, 2.45) is 0 Å². The van der Waals surface area contributed by atoms with E-state index in [9.17, 15) is 4.39 Å². The summed E-state index contributed by atoms with van der Waals surface area (Å²) in [6.07, 6.45) is 3.86. The van der Waals surface area contributed by atoms with Crippen LogP contribution in [0.25, 0.3) is 22.8 Å². The lowest BCUT2D eigenvalue weighted by molar-refractivity contribution is 0.630. The largest absolute Gasteiger partial charge is 0.399 e. The van der Waals surface area contributed by atoms with Gasteiger partial charge >= 0.3 is 0 Å². The Labute approximate surface area is 138 Å². The molecule has 118 valence electrons. The molecule has 24 heavy (non-hydrogen) atoms. The lowest BCUT2D eigenvalue weighted by Crippen LogP contribution is -2.01. The van der Waals surface area contributed by atoms with Gasteiger partial charge in [0.25, 0.3) is 0 Å². The molecule has 2 heterocycles. The molecule has 2 aromatic rings. The molecule has 2 aliphatic rings. The number of anilines is 1. The van der Waals surface area contributed by atoms with Gasteiger partial charge in [0.15, 0.2) is 5.82 Å². The molecule has 0 amide bonds. The number of aromatic nitrogens is 3. The first-order valence-electron chi connectivity index (χ1n) is 7.62. The molecule has 2 aromatic carbocycles. The van der Waals surface area contributed by atoms with Crippen LogP contribution in [0.5, 0.6) is 0 Å². The topological polar surface area (TPSA) is 56.7 Å². The molecule has 2 N–H and O–H groups in total. The van der Waals surface area contributed by atoms with Crippen LogP contribution >= 0.6 is 0 Å². The highest BCUT2D eigenvalue weighted by Gasteiger charge is 2.15. The third-order valence-corrected chi connectivity index (χ3v) is 3.89. The van der Waals surface area contributed by atoms with Crippen LogP contribution in [-0.2, 0) is 6.54 Å². The van der Waals surface area contributed by atoms with Crippen LogP contribution in [0, 0.1) is 5.82 Å². The summed E-state index contributed by atoms with van der Waals surface area (Å²) >= 11 is 0. The molecule has 0 bridgehead atoms. The fourth-order valence-corrected chi connectivity index (χ4v) is 2.65. The first kappa shape index (κ1) is 14.4. The maximum absolute atomic E-state index is 13.9. The average Bonchev–Trinajstić information content (AvgIpc) is 3.00. The predicted octanol–water partition coefficient (Wildman–Crippen LogP) is 3.82. The number of rotatable bonds is 3. The Bertz CT molecular complexity index is 959. The van der Waals surface area contributed by atoms with Crippen LogP contribution in [0.4, 0.5) is 10.1 Å². The summed E-state index contributed by atoms with van der Waals surface area (Å²) in [7, 11) is 0. The highest BCUT2D eigenvalue weighted by molar-refractivity contribution is 5.65. The van der Waals surface area contributed by atoms with E-state index in [0.717, 1.165) is 22.6 Å². The molecule has 0 fully saturated rings. The van der Waals surface area contributed by atoms with E-state index in [2.05, 4.69) is 9.97 Å². The van der Waals surface area contributed by atoms with Crippen molar-refractivity contribution in [1.82, 2.24) is 14.5 Å². The molecule has 0 aliphatic carbocycles. The van der Waals surface area contributed by atoms with Gasteiger partial charge in [-0.1, -0.05) is 24.3 Å².